The molecule has 0 saturated heterocycles. The SMILES string of the molecule is O=C(NC1CC1)c1ccc(NCC(O)c2ccccc2Cl)c([N+](=O)[O-])c1. The predicted octanol–water partition coefficient (Wildman–Crippen LogP) is 3.29. The highest BCUT2D eigenvalue weighted by atomic mass is 35.5. The van der Waals surface area contributed by atoms with Crippen molar-refractivity contribution in [2.75, 3.05) is 11.9 Å². The van der Waals surface area contributed by atoms with E-state index in [1.54, 1.807) is 24.3 Å². The van der Waals surface area contributed by atoms with Crippen molar-refractivity contribution < 1.29 is 14.8 Å². The van der Waals surface area contributed by atoms with Crippen molar-refractivity contribution in [2.24, 2.45) is 0 Å². The highest BCUT2D eigenvalue weighted by Crippen LogP contribution is 2.28. The molecule has 0 bridgehead atoms. The van der Waals surface area contributed by atoms with Crippen molar-refractivity contribution in [3.8, 4) is 0 Å². The van der Waals surface area contributed by atoms with E-state index < -0.39 is 11.0 Å². The van der Waals surface area contributed by atoms with Crippen LogP contribution in [0.25, 0.3) is 0 Å². The fraction of sp³-hybridized carbons (Fsp3) is 0.278. The summed E-state index contributed by atoms with van der Waals surface area (Å²) in [6.07, 6.45) is 0.946. The Hall–Kier alpha value is -2.64. The molecule has 26 heavy (non-hydrogen) atoms. The zero-order valence-electron chi connectivity index (χ0n) is 13.8. The third-order valence-corrected chi connectivity index (χ3v) is 4.46. The number of aliphatic hydroxyl groups excluding tert-OH is 1. The summed E-state index contributed by atoms with van der Waals surface area (Å²) in [6, 6.07) is 11.3. The summed E-state index contributed by atoms with van der Waals surface area (Å²) < 4.78 is 0. The van der Waals surface area contributed by atoms with Gasteiger partial charge in [-0.25, -0.2) is 0 Å². The number of nitrogens with zero attached hydrogens (tertiary/aromatic N) is 1. The van der Waals surface area contributed by atoms with E-state index in [0.717, 1.165) is 12.8 Å². The number of nitro groups is 1. The van der Waals surface area contributed by atoms with E-state index in [2.05, 4.69) is 10.6 Å². The molecule has 1 saturated carbocycles. The molecule has 0 aliphatic heterocycles. The molecule has 136 valence electrons. The summed E-state index contributed by atoms with van der Waals surface area (Å²) >= 11 is 6.04. The van der Waals surface area contributed by atoms with Gasteiger partial charge in [-0.1, -0.05) is 29.8 Å². The molecule has 3 N–H and O–H groups in total. The average Bonchev–Trinajstić information content (AvgIpc) is 3.43. The zero-order chi connectivity index (χ0) is 18.7. The molecule has 0 spiro atoms. The molecule has 0 radical (unpaired) electrons. The molecule has 1 unspecified atom stereocenters. The second-order valence-electron chi connectivity index (χ2n) is 6.15. The molecule has 1 aliphatic carbocycles. The van der Waals surface area contributed by atoms with Gasteiger partial charge in [0.15, 0.2) is 0 Å². The lowest BCUT2D eigenvalue weighted by atomic mass is 10.1. The number of hydrogen-bond acceptors (Lipinski definition) is 5. The van der Waals surface area contributed by atoms with Gasteiger partial charge in [0.05, 0.1) is 11.0 Å². The van der Waals surface area contributed by atoms with Crippen LogP contribution in [0, 0.1) is 10.1 Å². The lowest BCUT2D eigenvalue weighted by Gasteiger charge is -2.15. The Labute approximate surface area is 155 Å². The van der Waals surface area contributed by atoms with Crippen LogP contribution < -0.4 is 10.6 Å². The maximum Gasteiger partial charge on any atom is 0.293 e. The first-order valence-corrected chi connectivity index (χ1v) is 8.59. The third-order valence-electron chi connectivity index (χ3n) is 4.12. The molecule has 1 aliphatic rings. The lowest BCUT2D eigenvalue weighted by molar-refractivity contribution is -0.384. The van der Waals surface area contributed by atoms with Crippen molar-refractivity contribution in [3.05, 3.63) is 68.7 Å². The van der Waals surface area contributed by atoms with Crippen LogP contribution in [0.1, 0.15) is 34.9 Å². The Morgan fingerprint density at radius 2 is 2.04 bits per heavy atom. The first-order valence-electron chi connectivity index (χ1n) is 8.21. The summed E-state index contributed by atoms with van der Waals surface area (Å²) in [4.78, 5) is 22.9. The topological polar surface area (TPSA) is 104 Å². The van der Waals surface area contributed by atoms with Gasteiger partial charge < -0.3 is 15.7 Å². The van der Waals surface area contributed by atoms with Gasteiger partial charge >= 0.3 is 0 Å². The quantitative estimate of drug-likeness (QED) is 0.508. The Kier molecular flexibility index (Phi) is 5.39. The number of rotatable bonds is 7. The molecule has 1 atom stereocenters. The maximum atomic E-state index is 12.1. The number of benzene rings is 2. The number of nitro benzene ring substituents is 1. The van der Waals surface area contributed by atoms with Gasteiger partial charge in [-0.2, -0.15) is 0 Å². The van der Waals surface area contributed by atoms with E-state index in [1.165, 1.54) is 18.2 Å². The fourth-order valence-electron chi connectivity index (χ4n) is 2.53. The van der Waals surface area contributed by atoms with Gasteiger partial charge in [0, 0.05) is 34.8 Å². The molecule has 3 rings (SSSR count). The van der Waals surface area contributed by atoms with Gasteiger partial charge in [0.25, 0.3) is 11.6 Å². The van der Waals surface area contributed by atoms with Gasteiger partial charge in [0.1, 0.15) is 5.69 Å². The summed E-state index contributed by atoms with van der Waals surface area (Å²) in [6.45, 7) is 0.0399. The Morgan fingerprint density at radius 3 is 2.69 bits per heavy atom. The van der Waals surface area contributed by atoms with Crippen LogP contribution in [0.5, 0.6) is 0 Å². The molecule has 1 amide bonds. The van der Waals surface area contributed by atoms with E-state index in [1.807, 2.05) is 0 Å². The second kappa shape index (κ2) is 7.72. The van der Waals surface area contributed by atoms with Crippen LogP contribution in [-0.2, 0) is 0 Å². The van der Waals surface area contributed by atoms with E-state index in [9.17, 15) is 20.0 Å². The van der Waals surface area contributed by atoms with Crippen LogP contribution in [0.2, 0.25) is 5.02 Å². The number of amides is 1. The summed E-state index contributed by atoms with van der Waals surface area (Å²) in [5, 5.41) is 27.7. The van der Waals surface area contributed by atoms with Gasteiger partial charge in [-0.3, -0.25) is 14.9 Å². The third kappa shape index (κ3) is 4.30. The van der Waals surface area contributed by atoms with E-state index in [-0.39, 0.29) is 35.4 Å². The second-order valence-corrected chi connectivity index (χ2v) is 6.56. The van der Waals surface area contributed by atoms with Gasteiger partial charge in [0.2, 0.25) is 0 Å². The number of nitrogens with one attached hydrogen (secondary N) is 2. The predicted molar refractivity (Wildman–Crippen MR) is 98.5 cm³/mol. The Bertz CT molecular complexity index is 839. The number of carbonyl (C=O) groups excluding carboxylic acids is 1. The fourth-order valence-corrected chi connectivity index (χ4v) is 2.79. The van der Waals surface area contributed by atoms with Crippen LogP contribution in [-0.4, -0.2) is 28.5 Å². The summed E-state index contributed by atoms with van der Waals surface area (Å²) in [5.41, 5.74) is 0.773. The molecular formula is C18H18ClN3O4. The number of aliphatic hydroxyl groups is 1. The van der Waals surface area contributed by atoms with Crippen LogP contribution in [0.3, 0.4) is 0 Å². The number of anilines is 1. The largest absolute Gasteiger partial charge is 0.387 e. The first kappa shape index (κ1) is 18.2. The molecule has 8 heteroatoms. The Morgan fingerprint density at radius 1 is 1.31 bits per heavy atom. The smallest absolute Gasteiger partial charge is 0.293 e. The zero-order valence-corrected chi connectivity index (χ0v) is 14.6. The minimum Gasteiger partial charge on any atom is -0.387 e. The number of hydrogen-bond donors (Lipinski definition) is 3. The molecule has 7 nitrogen and oxygen atoms in total. The molecule has 2 aromatic rings. The van der Waals surface area contributed by atoms with E-state index in [0.29, 0.717) is 10.6 Å². The average molecular weight is 376 g/mol. The van der Waals surface area contributed by atoms with Gasteiger partial charge in [-0.05, 0) is 31.0 Å². The van der Waals surface area contributed by atoms with E-state index in [4.69, 9.17) is 11.6 Å². The van der Waals surface area contributed by atoms with E-state index >= 15 is 0 Å². The van der Waals surface area contributed by atoms with Crippen LogP contribution >= 0.6 is 11.6 Å². The molecule has 0 heterocycles. The molecule has 1 fully saturated rings. The van der Waals surface area contributed by atoms with Crippen molar-refractivity contribution in [2.45, 2.75) is 25.0 Å². The summed E-state index contributed by atoms with van der Waals surface area (Å²) in [7, 11) is 0. The molecule has 2 aromatic carbocycles. The van der Waals surface area contributed by atoms with Gasteiger partial charge in [-0.15, -0.1) is 0 Å². The minimum atomic E-state index is -0.929. The molecular weight excluding hydrogens is 358 g/mol. The number of carbonyl (C=O) groups is 1. The van der Waals surface area contributed by atoms with Crippen molar-refractivity contribution in [3.63, 3.8) is 0 Å². The minimum absolute atomic E-state index is 0.0399. The van der Waals surface area contributed by atoms with Crippen molar-refractivity contribution in [1.82, 2.24) is 5.32 Å². The summed E-state index contributed by atoms with van der Waals surface area (Å²) in [5.74, 6) is -0.321. The normalized spacial score (nSPS) is 14.5. The highest BCUT2D eigenvalue weighted by molar-refractivity contribution is 6.31. The lowest BCUT2D eigenvalue weighted by Crippen LogP contribution is -2.25. The highest BCUT2D eigenvalue weighted by Gasteiger charge is 2.25. The van der Waals surface area contributed by atoms with Crippen molar-refractivity contribution >= 4 is 28.9 Å². The van der Waals surface area contributed by atoms with Crippen molar-refractivity contribution in [1.29, 1.82) is 0 Å². The maximum absolute atomic E-state index is 12.1. The standard InChI is InChI=1S/C18H18ClN3O4/c19-14-4-2-1-3-13(14)17(23)10-20-15-8-5-11(9-16(15)22(25)26)18(24)21-12-6-7-12/h1-5,8-9,12,17,20,23H,6-7,10H2,(H,21,24). The van der Waals surface area contributed by atoms with Crippen LogP contribution in [0.15, 0.2) is 42.5 Å². The first-order chi connectivity index (χ1) is 12.5. The molecule has 0 aromatic heterocycles. The Balaban J connectivity index is 1.73. The van der Waals surface area contributed by atoms with Crippen LogP contribution in [0.4, 0.5) is 11.4 Å². The number of halogens is 1. The monoisotopic (exact) mass is 375 g/mol.